The average molecular weight is 322 g/mol. The van der Waals surface area contributed by atoms with Gasteiger partial charge >= 0.3 is 6.09 Å². The minimum Gasteiger partial charge on any atom is -0.444 e. The molecule has 1 amide bonds. The fraction of sp³-hybridized carbons (Fsp3) is 0.765. The van der Waals surface area contributed by atoms with Gasteiger partial charge in [-0.1, -0.05) is 19.8 Å². The van der Waals surface area contributed by atoms with Crippen LogP contribution in [0.15, 0.2) is 6.20 Å². The molecular formula is C17H30N4O2. The number of nitrogens with one attached hydrogen (secondary N) is 3. The van der Waals surface area contributed by atoms with Gasteiger partial charge in [0.1, 0.15) is 11.4 Å². The van der Waals surface area contributed by atoms with Crippen molar-refractivity contribution in [3.05, 3.63) is 11.8 Å². The fourth-order valence-corrected chi connectivity index (χ4v) is 2.90. The maximum absolute atomic E-state index is 11.9. The summed E-state index contributed by atoms with van der Waals surface area (Å²) in [7, 11) is 0. The van der Waals surface area contributed by atoms with E-state index in [-0.39, 0.29) is 0 Å². The molecule has 0 aromatic carbocycles. The van der Waals surface area contributed by atoms with Gasteiger partial charge in [0.2, 0.25) is 0 Å². The van der Waals surface area contributed by atoms with Gasteiger partial charge in [0.15, 0.2) is 0 Å². The number of carbonyl (C=O) groups is 1. The highest BCUT2D eigenvalue weighted by atomic mass is 16.6. The molecular weight excluding hydrogens is 292 g/mol. The molecule has 2 unspecified atom stereocenters. The van der Waals surface area contributed by atoms with Crippen LogP contribution in [0.5, 0.6) is 0 Å². The summed E-state index contributed by atoms with van der Waals surface area (Å²) in [6, 6.07) is 0.546. The molecule has 3 N–H and O–H groups in total. The Kier molecular flexibility index (Phi) is 6.04. The van der Waals surface area contributed by atoms with E-state index in [4.69, 9.17) is 4.74 Å². The zero-order valence-corrected chi connectivity index (χ0v) is 14.7. The number of aromatic nitrogens is 2. The lowest BCUT2D eigenvalue weighted by Gasteiger charge is -2.20. The van der Waals surface area contributed by atoms with Gasteiger partial charge in [-0.05, 0) is 46.0 Å². The van der Waals surface area contributed by atoms with Crippen LogP contribution < -0.4 is 10.6 Å². The zero-order chi connectivity index (χ0) is 16.9. The van der Waals surface area contributed by atoms with Crippen LogP contribution >= 0.6 is 0 Å². The number of nitrogens with zero attached hydrogens (tertiary/aromatic N) is 1. The van der Waals surface area contributed by atoms with E-state index in [0.29, 0.717) is 18.4 Å². The first-order valence-electron chi connectivity index (χ1n) is 8.59. The number of H-pyrrole nitrogens is 1. The third kappa shape index (κ3) is 6.22. The summed E-state index contributed by atoms with van der Waals surface area (Å²) in [4.78, 5) is 11.9. The van der Waals surface area contributed by atoms with Gasteiger partial charge in [0.05, 0.1) is 6.20 Å². The standard InChI is InChI=1S/C17H30N4O2/c1-12-6-5-7-14(9-8-12)18-10-13-11-19-21-15(13)20-16(22)23-17(2,3)4/h11-12,14,18H,5-10H2,1-4H3,(H2,19,20,21,22). The molecule has 1 aliphatic carbocycles. The summed E-state index contributed by atoms with van der Waals surface area (Å²) in [5, 5.41) is 13.2. The van der Waals surface area contributed by atoms with E-state index in [1.807, 2.05) is 20.8 Å². The molecule has 0 aliphatic heterocycles. The van der Waals surface area contributed by atoms with Gasteiger partial charge in [0, 0.05) is 18.2 Å². The molecule has 0 bridgehead atoms. The van der Waals surface area contributed by atoms with Crippen LogP contribution in [0.2, 0.25) is 0 Å². The summed E-state index contributed by atoms with van der Waals surface area (Å²) in [6.45, 7) is 8.56. The highest BCUT2D eigenvalue weighted by molar-refractivity contribution is 5.84. The summed E-state index contributed by atoms with van der Waals surface area (Å²) in [6.07, 6.45) is 7.62. The number of amides is 1. The van der Waals surface area contributed by atoms with Crippen molar-refractivity contribution in [2.45, 2.75) is 78.0 Å². The van der Waals surface area contributed by atoms with Crippen LogP contribution in [0.25, 0.3) is 0 Å². The Labute approximate surface area is 138 Å². The molecule has 1 fully saturated rings. The predicted octanol–water partition coefficient (Wildman–Crippen LogP) is 3.82. The molecule has 23 heavy (non-hydrogen) atoms. The van der Waals surface area contributed by atoms with Crippen molar-refractivity contribution in [2.24, 2.45) is 5.92 Å². The minimum absolute atomic E-state index is 0.466. The van der Waals surface area contributed by atoms with Crippen LogP contribution in [0.3, 0.4) is 0 Å². The van der Waals surface area contributed by atoms with E-state index in [1.165, 1.54) is 32.1 Å². The zero-order valence-electron chi connectivity index (χ0n) is 14.7. The second kappa shape index (κ2) is 7.81. The van der Waals surface area contributed by atoms with E-state index >= 15 is 0 Å². The summed E-state index contributed by atoms with van der Waals surface area (Å²) >= 11 is 0. The van der Waals surface area contributed by atoms with Crippen LogP contribution in [-0.4, -0.2) is 27.9 Å². The maximum atomic E-state index is 11.9. The van der Waals surface area contributed by atoms with Crippen molar-refractivity contribution in [2.75, 3.05) is 5.32 Å². The fourth-order valence-electron chi connectivity index (χ4n) is 2.90. The monoisotopic (exact) mass is 322 g/mol. The molecule has 1 aliphatic rings. The lowest BCUT2D eigenvalue weighted by molar-refractivity contribution is 0.0635. The Morgan fingerprint density at radius 3 is 2.87 bits per heavy atom. The number of anilines is 1. The quantitative estimate of drug-likeness (QED) is 0.736. The lowest BCUT2D eigenvalue weighted by Crippen LogP contribution is -2.29. The van der Waals surface area contributed by atoms with Crippen molar-refractivity contribution in [3.63, 3.8) is 0 Å². The molecule has 1 saturated carbocycles. The smallest absolute Gasteiger partial charge is 0.413 e. The third-order valence-electron chi connectivity index (χ3n) is 4.18. The van der Waals surface area contributed by atoms with Crippen molar-refractivity contribution in [3.8, 4) is 0 Å². The van der Waals surface area contributed by atoms with Gasteiger partial charge in [-0.3, -0.25) is 10.4 Å². The number of hydrogen-bond acceptors (Lipinski definition) is 4. The average Bonchev–Trinajstić information content (AvgIpc) is 2.75. The van der Waals surface area contributed by atoms with Gasteiger partial charge in [-0.15, -0.1) is 0 Å². The van der Waals surface area contributed by atoms with E-state index < -0.39 is 11.7 Å². The molecule has 1 aromatic heterocycles. The highest BCUT2D eigenvalue weighted by Crippen LogP contribution is 2.23. The molecule has 6 nitrogen and oxygen atoms in total. The van der Waals surface area contributed by atoms with Gasteiger partial charge in [0.25, 0.3) is 0 Å². The van der Waals surface area contributed by atoms with Crippen LogP contribution in [0.4, 0.5) is 10.6 Å². The maximum Gasteiger partial charge on any atom is 0.413 e. The van der Waals surface area contributed by atoms with Gasteiger partial charge in [-0.25, -0.2) is 4.79 Å². The van der Waals surface area contributed by atoms with E-state index in [2.05, 4.69) is 27.8 Å². The second-order valence-corrected chi connectivity index (χ2v) is 7.59. The molecule has 1 aromatic rings. The molecule has 6 heteroatoms. The van der Waals surface area contributed by atoms with E-state index in [9.17, 15) is 4.79 Å². The molecule has 2 rings (SSSR count). The van der Waals surface area contributed by atoms with Crippen molar-refractivity contribution < 1.29 is 9.53 Å². The Bertz CT molecular complexity index is 507. The molecule has 2 atom stereocenters. The Balaban J connectivity index is 1.84. The SMILES string of the molecule is CC1CCCC(NCc2cn[nH]c2NC(=O)OC(C)(C)C)CC1. The first-order chi connectivity index (χ1) is 10.8. The normalized spacial score (nSPS) is 22.4. The Morgan fingerprint density at radius 1 is 1.35 bits per heavy atom. The third-order valence-corrected chi connectivity index (χ3v) is 4.18. The summed E-state index contributed by atoms with van der Waals surface area (Å²) < 4.78 is 5.27. The van der Waals surface area contributed by atoms with Gasteiger partial charge < -0.3 is 10.1 Å². The summed E-state index contributed by atoms with van der Waals surface area (Å²) in [5.41, 5.74) is 0.438. The van der Waals surface area contributed by atoms with Crippen LogP contribution in [0, 0.1) is 5.92 Å². The second-order valence-electron chi connectivity index (χ2n) is 7.59. The molecule has 0 spiro atoms. The van der Waals surface area contributed by atoms with Gasteiger partial charge in [-0.2, -0.15) is 5.10 Å². The predicted molar refractivity (Wildman–Crippen MR) is 91.3 cm³/mol. The number of ether oxygens (including phenoxy) is 1. The Morgan fingerprint density at radius 2 is 2.13 bits per heavy atom. The molecule has 1 heterocycles. The van der Waals surface area contributed by atoms with Crippen molar-refractivity contribution in [1.29, 1.82) is 0 Å². The number of hydrogen-bond donors (Lipinski definition) is 3. The molecule has 130 valence electrons. The van der Waals surface area contributed by atoms with Crippen LogP contribution in [0.1, 0.15) is 65.4 Å². The van der Waals surface area contributed by atoms with Crippen LogP contribution in [-0.2, 0) is 11.3 Å². The first-order valence-corrected chi connectivity index (χ1v) is 8.59. The van der Waals surface area contributed by atoms with E-state index in [0.717, 1.165) is 11.5 Å². The largest absolute Gasteiger partial charge is 0.444 e. The molecule has 0 radical (unpaired) electrons. The first kappa shape index (κ1) is 17.8. The van der Waals surface area contributed by atoms with Crippen molar-refractivity contribution >= 4 is 11.9 Å². The molecule has 0 saturated heterocycles. The number of aromatic amines is 1. The topological polar surface area (TPSA) is 79.0 Å². The highest BCUT2D eigenvalue weighted by Gasteiger charge is 2.19. The number of rotatable bonds is 4. The summed E-state index contributed by atoms with van der Waals surface area (Å²) in [5.74, 6) is 1.44. The Hall–Kier alpha value is -1.56. The van der Waals surface area contributed by atoms with Crippen molar-refractivity contribution in [1.82, 2.24) is 15.5 Å². The number of carbonyl (C=O) groups excluding carboxylic acids is 1. The lowest BCUT2D eigenvalue weighted by atomic mass is 10.0. The minimum atomic E-state index is -0.514. The van der Waals surface area contributed by atoms with E-state index in [1.54, 1.807) is 6.20 Å².